The average molecular weight is 151 g/mol. The maximum atomic E-state index is 3.72. The second-order valence-corrected chi connectivity index (χ2v) is 1.63. The molecule has 0 aromatic carbocycles. The largest absolute Gasteiger partial charge is 0.264 e. The first-order valence-corrected chi connectivity index (χ1v) is 3.68. The summed E-state index contributed by atoms with van der Waals surface area (Å²) in [5, 5.41) is 0. The zero-order chi connectivity index (χ0) is 9.28. The van der Waals surface area contributed by atoms with Crippen molar-refractivity contribution >= 4 is 6.72 Å². The van der Waals surface area contributed by atoms with E-state index in [-0.39, 0.29) is 0 Å². The van der Waals surface area contributed by atoms with E-state index in [4.69, 9.17) is 0 Å². The van der Waals surface area contributed by atoms with Gasteiger partial charge in [0, 0.05) is 0 Å². The van der Waals surface area contributed by atoms with Crippen LogP contribution in [0.2, 0.25) is 0 Å². The van der Waals surface area contributed by atoms with Crippen LogP contribution in [0.15, 0.2) is 41.6 Å². The molecule has 0 aliphatic carbocycles. The van der Waals surface area contributed by atoms with E-state index >= 15 is 0 Å². The van der Waals surface area contributed by atoms with Crippen LogP contribution in [0.4, 0.5) is 0 Å². The average Bonchev–Trinajstić information content (AvgIpc) is 2.10. The highest BCUT2D eigenvalue weighted by molar-refractivity contribution is 5.37. The molecule has 0 rings (SSSR count). The molecule has 0 aliphatic heterocycles. The van der Waals surface area contributed by atoms with Gasteiger partial charge in [-0.25, -0.2) is 0 Å². The van der Waals surface area contributed by atoms with E-state index < -0.39 is 0 Å². The van der Waals surface area contributed by atoms with Crippen molar-refractivity contribution in [2.24, 2.45) is 4.99 Å². The molecule has 0 aliphatic rings. The Hall–Kier alpha value is -1.11. The highest BCUT2D eigenvalue weighted by Gasteiger charge is 1.87. The molecule has 0 amide bonds. The smallest absolute Gasteiger partial charge is 0.0645 e. The van der Waals surface area contributed by atoms with Crippen LogP contribution in [0.1, 0.15) is 20.8 Å². The second kappa shape index (κ2) is 8.89. The van der Waals surface area contributed by atoms with Gasteiger partial charge in [0.25, 0.3) is 0 Å². The Balaban J connectivity index is 0. The Bertz CT molecular complexity index is 154. The SMILES string of the molecule is C=C/C(C)=C(/C=C)N=C.CC. The molecule has 0 atom stereocenters. The molecule has 1 nitrogen and oxygen atoms in total. The minimum Gasteiger partial charge on any atom is -0.264 e. The number of aliphatic imine (C=N–C) groups is 1. The van der Waals surface area contributed by atoms with E-state index in [1.165, 1.54) is 0 Å². The Kier molecular flexibility index (Phi) is 10.1. The molecule has 0 unspecified atom stereocenters. The maximum Gasteiger partial charge on any atom is 0.0645 e. The van der Waals surface area contributed by atoms with E-state index in [2.05, 4.69) is 24.9 Å². The Morgan fingerprint density at radius 3 is 1.73 bits per heavy atom. The van der Waals surface area contributed by atoms with Crippen LogP contribution in [0.5, 0.6) is 0 Å². The summed E-state index contributed by atoms with van der Waals surface area (Å²) in [6.45, 7) is 16.4. The van der Waals surface area contributed by atoms with Crippen molar-refractivity contribution in [2.75, 3.05) is 0 Å². The summed E-state index contributed by atoms with van der Waals surface area (Å²) in [5.41, 5.74) is 1.80. The quantitative estimate of drug-likeness (QED) is 0.433. The molecular weight excluding hydrogens is 134 g/mol. The normalized spacial score (nSPS) is 10.1. The fourth-order valence-corrected chi connectivity index (χ4v) is 0.455. The lowest BCUT2D eigenvalue weighted by Crippen LogP contribution is -1.74. The van der Waals surface area contributed by atoms with Gasteiger partial charge < -0.3 is 0 Å². The van der Waals surface area contributed by atoms with Gasteiger partial charge in [-0.3, -0.25) is 4.99 Å². The zero-order valence-electron chi connectivity index (χ0n) is 7.72. The topological polar surface area (TPSA) is 12.4 Å². The van der Waals surface area contributed by atoms with Crippen molar-refractivity contribution in [1.82, 2.24) is 0 Å². The van der Waals surface area contributed by atoms with Crippen molar-refractivity contribution in [3.05, 3.63) is 36.6 Å². The summed E-state index contributed by atoms with van der Waals surface area (Å²) in [7, 11) is 0. The summed E-state index contributed by atoms with van der Waals surface area (Å²) in [4.78, 5) is 3.72. The van der Waals surface area contributed by atoms with Gasteiger partial charge in [0.1, 0.15) is 0 Å². The Morgan fingerprint density at radius 2 is 1.64 bits per heavy atom. The van der Waals surface area contributed by atoms with E-state index in [1.54, 1.807) is 12.2 Å². The zero-order valence-corrected chi connectivity index (χ0v) is 7.72. The number of rotatable bonds is 3. The number of hydrogen-bond donors (Lipinski definition) is 0. The molecule has 0 saturated heterocycles. The lowest BCUT2D eigenvalue weighted by Gasteiger charge is -1.93. The highest BCUT2D eigenvalue weighted by atomic mass is 14.7. The molecule has 0 radical (unpaired) electrons. The molecule has 0 saturated carbocycles. The molecule has 0 N–H and O–H groups in total. The molecule has 0 bridgehead atoms. The standard InChI is InChI=1S/C8H11N.C2H6/c1-5-7(3)8(6-2)9-4;1-2/h5-6H,1-2,4H2,3H3;1-2H3/b8-7-;. The summed E-state index contributed by atoms with van der Waals surface area (Å²) < 4.78 is 0. The van der Waals surface area contributed by atoms with Gasteiger partial charge in [0.2, 0.25) is 0 Å². The second-order valence-electron chi connectivity index (χ2n) is 1.63. The lowest BCUT2D eigenvalue weighted by atomic mass is 10.2. The van der Waals surface area contributed by atoms with Crippen LogP contribution < -0.4 is 0 Å². The van der Waals surface area contributed by atoms with E-state index in [1.807, 2.05) is 20.8 Å². The minimum atomic E-state index is 0.796. The summed E-state index contributed by atoms with van der Waals surface area (Å²) >= 11 is 0. The predicted molar refractivity (Wildman–Crippen MR) is 54.0 cm³/mol. The fraction of sp³-hybridized carbons (Fsp3) is 0.300. The van der Waals surface area contributed by atoms with Crippen molar-refractivity contribution in [3.8, 4) is 0 Å². The van der Waals surface area contributed by atoms with Gasteiger partial charge in [0.15, 0.2) is 0 Å². The third kappa shape index (κ3) is 5.34. The molecule has 0 fully saturated rings. The molecule has 0 aromatic heterocycles. The molecule has 1 heteroatoms. The van der Waals surface area contributed by atoms with Gasteiger partial charge >= 0.3 is 0 Å². The van der Waals surface area contributed by atoms with Crippen LogP contribution in [-0.4, -0.2) is 6.72 Å². The van der Waals surface area contributed by atoms with Crippen LogP contribution in [0, 0.1) is 0 Å². The third-order valence-electron chi connectivity index (χ3n) is 1.07. The Morgan fingerprint density at radius 1 is 1.18 bits per heavy atom. The van der Waals surface area contributed by atoms with E-state index in [0.29, 0.717) is 0 Å². The monoisotopic (exact) mass is 151 g/mol. The van der Waals surface area contributed by atoms with Crippen LogP contribution in [0.25, 0.3) is 0 Å². The highest BCUT2D eigenvalue weighted by Crippen LogP contribution is 2.05. The first kappa shape index (κ1) is 12.6. The van der Waals surface area contributed by atoms with Crippen molar-refractivity contribution in [2.45, 2.75) is 20.8 Å². The fourth-order valence-electron chi connectivity index (χ4n) is 0.455. The molecule has 0 aromatic rings. The van der Waals surface area contributed by atoms with Crippen LogP contribution in [0.3, 0.4) is 0 Å². The van der Waals surface area contributed by atoms with E-state index in [9.17, 15) is 0 Å². The van der Waals surface area contributed by atoms with Gasteiger partial charge in [-0.15, -0.1) is 0 Å². The molecule has 0 heterocycles. The van der Waals surface area contributed by atoms with Crippen molar-refractivity contribution < 1.29 is 0 Å². The third-order valence-corrected chi connectivity index (χ3v) is 1.07. The van der Waals surface area contributed by atoms with Gasteiger partial charge in [-0.2, -0.15) is 0 Å². The summed E-state index contributed by atoms with van der Waals surface area (Å²) in [6.07, 6.45) is 3.38. The maximum absolute atomic E-state index is 3.72. The van der Waals surface area contributed by atoms with Gasteiger partial charge in [-0.1, -0.05) is 33.1 Å². The van der Waals surface area contributed by atoms with Crippen molar-refractivity contribution in [3.63, 3.8) is 0 Å². The predicted octanol–water partition coefficient (Wildman–Crippen LogP) is 3.36. The first-order valence-electron chi connectivity index (χ1n) is 3.68. The molecule has 11 heavy (non-hydrogen) atoms. The van der Waals surface area contributed by atoms with Crippen molar-refractivity contribution in [1.29, 1.82) is 0 Å². The summed E-state index contributed by atoms with van der Waals surface area (Å²) in [5.74, 6) is 0. The molecular formula is C10H17N. The lowest BCUT2D eigenvalue weighted by molar-refractivity contribution is 1.34. The van der Waals surface area contributed by atoms with Crippen LogP contribution in [-0.2, 0) is 0 Å². The number of allylic oxidation sites excluding steroid dienone is 3. The van der Waals surface area contributed by atoms with Crippen LogP contribution >= 0.6 is 0 Å². The first-order chi connectivity index (χ1) is 5.26. The molecule has 0 spiro atoms. The number of nitrogens with zero attached hydrogens (tertiary/aromatic N) is 1. The van der Waals surface area contributed by atoms with E-state index in [0.717, 1.165) is 11.3 Å². The Labute approximate surface area is 69.9 Å². The number of hydrogen-bond acceptors (Lipinski definition) is 1. The van der Waals surface area contributed by atoms with Gasteiger partial charge in [-0.05, 0) is 25.3 Å². The molecule has 62 valence electrons. The summed E-state index contributed by atoms with van der Waals surface area (Å²) in [6, 6.07) is 0. The minimum absolute atomic E-state index is 0.796. The van der Waals surface area contributed by atoms with Gasteiger partial charge in [0.05, 0.1) is 5.70 Å².